The number of nitrogens with zero attached hydrogens (tertiary/aromatic N) is 2. The molecule has 1 saturated heterocycles. The molecule has 0 aromatic carbocycles. The standard InChI is InChI=1S/C8H9BrN2OS/c1-5-4-13-8(10-5)11-3-6(9)2-7(11)12/h4,6H,2-3H2,1H3. The number of aromatic nitrogens is 1. The van der Waals surface area contributed by atoms with Crippen LogP contribution in [0.15, 0.2) is 5.38 Å². The van der Waals surface area contributed by atoms with E-state index in [0.717, 1.165) is 17.4 Å². The first-order chi connectivity index (χ1) is 6.16. The van der Waals surface area contributed by atoms with Crippen molar-refractivity contribution in [3.8, 4) is 0 Å². The Bertz CT molecular complexity index is 339. The van der Waals surface area contributed by atoms with Crippen molar-refractivity contribution in [2.24, 2.45) is 0 Å². The van der Waals surface area contributed by atoms with Gasteiger partial charge < -0.3 is 0 Å². The third kappa shape index (κ3) is 1.76. The number of anilines is 1. The highest BCUT2D eigenvalue weighted by Crippen LogP contribution is 2.27. The Morgan fingerprint density at radius 1 is 1.77 bits per heavy atom. The van der Waals surface area contributed by atoms with Crippen LogP contribution < -0.4 is 4.90 Å². The molecule has 0 radical (unpaired) electrons. The van der Waals surface area contributed by atoms with E-state index >= 15 is 0 Å². The summed E-state index contributed by atoms with van der Waals surface area (Å²) in [6.45, 7) is 2.68. The van der Waals surface area contributed by atoms with Gasteiger partial charge in [0, 0.05) is 23.2 Å². The Balaban J connectivity index is 2.22. The summed E-state index contributed by atoms with van der Waals surface area (Å²) in [5.41, 5.74) is 0.978. The van der Waals surface area contributed by atoms with Crippen LogP contribution in [0.5, 0.6) is 0 Å². The minimum Gasteiger partial charge on any atom is -0.287 e. The van der Waals surface area contributed by atoms with E-state index in [9.17, 15) is 4.79 Å². The quantitative estimate of drug-likeness (QED) is 0.724. The van der Waals surface area contributed by atoms with Crippen molar-refractivity contribution in [2.75, 3.05) is 11.4 Å². The second-order valence-corrected chi connectivity index (χ2v) is 5.21. The van der Waals surface area contributed by atoms with Crippen LogP contribution in [0.2, 0.25) is 0 Å². The third-order valence-corrected chi connectivity index (χ3v) is 3.51. The lowest BCUT2D eigenvalue weighted by molar-refractivity contribution is -0.117. The molecule has 13 heavy (non-hydrogen) atoms. The van der Waals surface area contributed by atoms with Gasteiger partial charge in [-0.2, -0.15) is 0 Å². The fourth-order valence-electron chi connectivity index (χ4n) is 1.31. The Morgan fingerprint density at radius 3 is 3.00 bits per heavy atom. The highest BCUT2D eigenvalue weighted by Gasteiger charge is 2.30. The number of carbonyl (C=O) groups is 1. The number of aryl methyl sites for hydroxylation is 1. The molecule has 1 unspecified atom stereocenters. The van der Waals surface area contributed by atoms with Crippen LogP contribution in [0.3, 0.4) is 0 Å². The average molecular weight is 261 g/mol. The molecular weight excluding hydrogens is 252 g/mol. The van der Waals surface area contributed by atoms with E-state index in [1.807, 2.05) is 12.3 Å². The number of amides is 1. The molecule has 70 valence electrons. The second kappa shape index (κ2) is 3.38. The lowest BCUT2D eigenvalue weighted by Gasteiger charge is -2.10. The number of carbonyl (C=O) groups excluding carboxylic acids is 1. The normalized spacial score (nSPS) is 22.8. The molecule has 1 aromatic heterocycles. The summed E-state index contributed by atoms with van der Waals surface area (Å²) < 4.78 is 0. The third-order valence-electron chi connectivity index (χ3n) is 1.92. The summed E-state index contributed by atoms with van der Waals surface area (Å²) >= 11 is 4.96. The van der Waals surface area contributed by atoms with Gasteiger partial charge in [0.25, 0.3) is 0 Å². The molecule has 0 N–H and O–H groups in total. The lowest BCUT2D eigenvalue weighted by atomic mass is 10.4. The van der Waals surface area contributed by atoms with Crippen LogP contribution in [0.4, 0.5) is 5.13 Å². The van der Waals surface area contributed by atoms with Crippen LogP contribution in [-0.4, -0.2) is 22.3 Å². The summed E-state index contributed by atoms with van der Waals surface area (Å²) in [7, 11) is 0. The molecule has 1 aliphatic heterocycles. The van der Waals surface area contributed by atoms with E-state index in [2.05, 4.69) is 20.9 Å². The van der Waals surface area contributed by atoms with Crippen LogP contribution >= 0.6 is 27.3 Å². The van der Waals surface area contributed by atoms with Crippen molar-refractivity contribution in [1.82, 2.24) is 4.98 Å². The van der Waals surface area contributed by atoms with Gasteiger partial charge in [-0.15, -0.1) is 11.3 Å². The van der Waals surface area contributed by atoms with Crippen molar-refractivity contribution in [3.05, 3.63) is 11.1 Å². The van der Waals surface area contributed by atoms with Crippen molar-refractivity contribution in [3.63, 3.8) is 0 Å². The second-order valence-electron chi connectivity index (χ2n) is 3.08. The first kappa shape index (κ1) is 9.15. The van der Waals surface area contributed by atoms with E-state index in [1.54, 1.807) is 4.90 Å². The van der Waals surface area contributed by atoms with Crippen molar-refractivity contribution in [1.29, 1.82) is 0 Å². The SMILES string of the molecule is Cc1csc(N2CC(Br)CC2=O)n1. The van der Waals surface area contributed by atoms with E-state index < -0.39 is 0 Å². The van der Waals surface area contributed by atoms with Gasteiger partial charge in [-0.25, -0.2) is 4.98 Å². The zero-order valence-corrected chi connectivity index (χ0v) is 9.56. The zero-order chi connectivity index (χ0) is 9.42. The van der Waals surface area contributed by atoms with Crippen LogP contribution in [-0.2, 0) is 4.79 Å². The van der Waals surface area contributed by atoms with Gasteiger partial charge in [-0.3, -0.25) is 9.69 Å². The highest BCUT2D eigenvalue weighted by molar-refractivity contribution is 9.09. The summed E-state index contributed by atoms with van der Waals surface area (Å²) in [6.07, 6.45) is 0.582. The minimum atomic E-state index is 0.163. The van der Waals surface area contributed by atoms with Crippen molar-refractivity contribution >= 4 is 38.3 Å². The number of alkyl halides is 1. The first-order valence-corrected chi connectivity index (χ1v) is 5.83. The first-order valence-electron chi connectivity index (χ1n) is 4.03. The molecule has 1 fully saturated rings. The zero-order valence-electron chi connectivity index (χ0n) is 7.16. The van der Waals surface area contributed by atoms with E-state index in [0.29, 0.717) is 6.42 Å². The van der Waals surface area contributed by atoms with Gasteiger partial charge in [0.15, 0.2) is 5.13 Å². The highest BCUT2D eigenvalue weighted by atomic mass is 79.9. The Hall–Kier alpha value is -0.420. The predicted molar refractivity (Wildman–Crippen MR) is 56.5 cm³/mol. The molecule has 3 nitrogen and oxygen atoms in total. The Labute approximate surface area is 88.9 Å². The van der Waals surface area contributed by atoms with Gasteiger partial charge >= 0.3 is 0 Å². The molecule has 0 bridgehead atoms. The lowest BCUT2D eigenvalue weighted by Crippen LogP contribution is -2.24. The van der Waals surface area contributed by atoms with Crippen molar-refractivity contribution < 1.29 is 4.79 Å². The monoisotopic (exact) mass is 260 g/mol. The van der Waals surface area contributed by atoms with Crippen LogP contribution in [0.1, 0.15) is 12.1 Å². The summed E-state index contributed by atoms with van der Waals surface area (Å²) in [5, 5.41) is 2.79. The molecule has 0 spiro atoms. The number of thiazole rings is 1. The van der Waals surface area contributed by atoms with Crippen molar-refractivity contribution in [2.45, 2.75) is 18.2 Å². The fraction of sp³-hybridized carbons (Fsp3) is 0.500. The molecule has 1 aliphatic rings. The predicted octanol–water partition coefficient (Wildman–Crippen LogP) is 1.95. The molecule has 0 saturated carbocycles. The van der Waals surface area contributed by atoms with Gasteiger partial charge in [0.1, 0.15) is 0 Å². The molecule has 2 rings (SSSR count). The van der Waals surface area contributed by atoms with Gasteiger partial charge in [0.05, 0.1) is 5.69 Å². The molecule has 1 atom stereocenters. The Morgan fingerprint density at radius 2 is 2.54 bits per heavy atom. The topological polar surface area (TPSA) is 33.2 Å². The van der Waals surface area contributed by atoms with E-state index in [-0.39, 0.29) is 10.7 Å². The minimum absolute atomic E-state index is 0.163. The maximum absolute atomic E-state index is 11.5. The summed E-state index contributed by atoms with van der Waals surface area (Å²) in [4.78, 5) is 17.8. The maximum Gasteiger partial charge on any atom is 0.230 e. The molecule has 1 amide bonds. The van der Waals surface area contributed by atoms with E-state index in [1.165, 1.54) is 11.3 Å². The Kier molecular flexibility index (Phi) is 2.38. The average Bonchev–Trinajstić information content (AvgIpc) is 2.58. The van der Waals surface area contributed by atoms with Gasteiger partial charge in [0.2, 0.25) is 5.91 Å². The summed E-state index contributed by atoms with van der Waals surface area (Å²) in [5.74, 6) is 0.163. The number of rotatable bonds is 1. The number of hydrogen-bond donors (Lipinski definition) is 0. The van der Waals surface area contributed by atoms with Crippen LogP contribution in [0.25, 0.3) is 0 Å². The van der Waals surface area contributed by atoms with Gasteiger partial charge in [-0.05, 0) is 6.92 Å². The smallest absolute Gasteiger partial charge is 0.230 e. The molecular formula is C8H9BrN2OS. The van der Waals surface area contributed by atoms with Gasteiger partial charge in [-0.1, -0.05) is 15.9 Å². The van der Waals surface area contributed by atoms with E-state index in [4.69, 9.17) is 0 Å². The fourth-order valence-corrected chi connectivity index (χ4v) is 2.71. The maximum atomic E-state index is 11.5. The number of hydrogen-bond acceptors (Lipinski definition) is 3. The molecule has 2 heterocycles. The molecule has 1 aromatic rings. The molecule has 5 heteroatoms. The number of halogens is 1. The summed E-state index contributed by atoms with van der Waals surface area (Å²) in [6, 6.07) is 0. The molecule has 0 aliphatic carbocycles. The van der Waals surface area contributed by atoms with Crippen LogP contribution in [0, 0.1) is 6.92 Å². The largest absolute Gasteiger partial charge is 0.287 e.